The standard InChI is InChI=1S/C11H22N2O/c1-5-9(3)13(4)11(14)10-7-12-6-8(10)2/h8-10,12H,5-7H2,1-4H3/t8-,9?,10-/m1/s1. The lowest BCUT2D eigenvalue weighted by atomic mass is 9.96. The summed E-state index contributed by atoms with van der Waals surface area (Å²) >= 11 is 0. The van der Waals surface area contributed by atoms with Gasteiger partial charge in [-0.2, -0.15) is 0 Å². The van der Waals surface area contributed by atoms with Gasteiger partial charge in [-0.05, 0) is 25.8 Å². The van der Waals surface area contributed by atoms with Crippen LogP contribution in [0.3, 0.4) is 0 Å². The van der Waals surface area contributed by atoms with E-state index in [9.17, 15) is 4.79 Å². The third-order valence-corrected chi connectivity index (χ3v) is 3.43. The van der Waals surface area contributed by atoms with Gasteiger partial charge in [0.25, 0.3) is 0 Å². The van der Waals surface area contributed by atoms with Crippen LogP contribution in [0.25, 0.3) is 0 Å². The van der Waals surface area contributed by atoms with E-state index in [0.29, 0.717) is 17.9 Å². The Labute approximate surface area is 86.9 Å². The maximum absolute atomic E-state index is 12.0. The summed E-state index contributed by atoms with van der Waals surface area (Å²) in [5.74, 6) is 0.972. The first-order valence-corrected chi connectivity index (χ1v) is 5.55. The second kappa shape index (κ2) is 4.78. The van der Waals surface area contributed by atoms with E-state index < -0.39 is 0 Å². The fourth-order valence-electron chi connectivity index (χ4n) is 1.89. The number of carbonyl (C=O) groups is 1. The molecule has 0 aliphatic carbocycles. The maximum atomic E-state index is 12.0. The average Bonchev–Trinajstić information content (AvgIpc) is 2.61. The molecule has 1 aliphatic rings. The number of hydrogen-bond donors (Lipinski definition) is 1. The van der Waals surface area contributed by atoms with Crippen LogP contribution in [-0.4, -0.2) is 37.0 Å². The van der Waals surface area contributed by atoms with Gasteiger partial charge in [0, 0.05) is 19.6 Å². The fourth-order valence-corrected chi connectivity index (χ4v) is 1.89. The molecule has 82 valence electrons. The number of nitrogens with zero attached hydrogens (tertiary/aromatic N) is 1. The highest BCUT2D eigenvalue weighted by molar-refractivity contribution is 5.79. The number of nitrogens with one attached hydrogen (secondary N) is 1. The number of carbonyl (C=O) groups excluding carboxylic acids is 1. The van der Waals surface area contributed by atoms with Crippen LogP contribution in [-0.2, 0) is 4.79 Å². The molecule has 1 unspecified atom stereocenters. The molecular weight excluding hydrogens is 176 g/mol. The minimum atomic E-state index is 0.189. The quantitative estimate of drug-likeness (QED) is 0.736. The molecule has 14 heavy (non-hydrogen) atoms. The van der Waals surface area contributed by atoms with Gasteiger partial charge in [-0.1, -0.05) is 13.8 Å². The molecule has 0 saturated carbocycles. The molecule has 3 heteroatoms. The van der Waals surface area contributed by atoms with E-state index in [1.807, 2.05) is 11.9 Å². The van der Waals surface area contributed by atoms with Gasteiger partial charge >= 0.3 is 0 Å². The molecule has 1 amide bonds. The van der Waals surface area contributed by atoms with Crippen molar-refractivity contribution in [1.82, 2.24) is 10.2 Å². The minimum Gasteiger partial charge on any atom is -0.343 e. The summed E-state index contributed by atoms with van der Waals surface area (Å²) < 4.78 is 0. The SMILES string of the molecule is CCC(C)N(C)C(=O)[C@@H]1CNC[C@H]1C. The summed E-state index contributed by atoms with van der Waals surface area (Å²) in [6.45, 7) is 8.19. The lowest BCUT2D eigenvalue weighted by Crippen LogP contribution is -2.41. The largest absolute Gasteiger partial charge is 0.343 e. The van der Waals surface area contributed by atoms with Crippen LogP contribution >= 0.6 is 0 Å². The first-order chi connectivity index (χ1) is 6.57. The van der Waals surface area contributed by atoms with Crippen LogP contribution in [0.4, 0.5) is 0 Å². The Hall–Kier alpha value is -0.570. The Balaban J connectivity index is 2.55. The molecule has 1 rings (SSSR count). The number of rotatable bonds is 3. The smallest absolute Gasteiger partial charge is 0.227 e. The van der Waals surface area contributed by atoms with Crippen LogP contribution in [0, 0.1) is 11.8 Å². The van der Waals surface area contributed by atoms with E-state index in [4.69, 9.17) is 0 Å². The predicted molar refractivity (Wildman–Crippen MR) is 58.0 cm³/mol. The molecular formula is C11H22N2O. The molecule has 0 aromatic carbocycles. The van der Waals surface area contributed by atoms with E-state index in [1.165, 1.54) is 0 Å². The Morgan fingerprint density at radius 3 is 2.64 bits per heavy atom. The minimum absolute atomic E-state index is 0.189. The van der Waals surface area contributed by atoms with Crippen LogP contribution < -0.4 is 5.32 Å². The van der Waals surface area contributed by atoms with Crippen molar-refractivity contribution in [2.45, 2.75) is 33.2 Å². The first-order valence-electron chi connectivity index (χ1n) is 5.55. The first kappa shape index (κ1) is 11.5. The molecule has 3 atom stereocenters. The van der Waals surface area contributed by atoms with E-state index >= 15 is 0 Å². The zero-order valence-corrected chi connectivity index (χ0v) is 9.71. The van der Waals surface area contributed by atoms with E-state index in [-0.39, 0.29) is 5.92 Å². The Morgan fingerprint density at radius 1 is 1.57 bits per heavy atom. The van der Waals surface area contributed by atoms with Crippen LogP contribution in [0.5, 0.6) is 0 Å². The van der Waals surface area contributed by atoms with Crippen LogP contribution in [0.15, 0.2) is 0 Å². The van der Waals surface area contributed by atoms with E-state index in [1.54, 1.807) is 0 Å². The normalized spacial score (nSPS) is 28.9. The van der Waals surface area contributed by atoms with Crippen molar-refractivity contribution in [3.8, 4) is 0 Å². The van der Waals surface area contributed by atoms with Gasteiger partial charge in [-0.25, -0.2) is 0 Å². The summed E-state index contributed by atoms with van der Waals surface area (Å²) in [4.78, 5) is 13.9. The lowest BCUT2D eigenvalue weighted by Gasteiger charge is -2.27. The van der Waals surface area contributed by atoms with Crippen molar-refractivity contribution >= 4 is 5.91 Å². The third kappa shape index (κ3) is 2.27. The molecule has 1 fully saturated rings. The fraction of sp³-hybridized carbons (Fsp3) is 0.909. The molecule has 1 aliphatic heterocycles. The molecule has 1 heterocycles. The molecule has 0 radical (unpaired) electrons. The Kier molecular flexibility index (Phi) is 3.93. The Morgan fingerprint density at radius 2 is 2.21 bits per heavy atom. The molecule has 3 nitrogen and oxygen atoms in total. The molecule has 1 saturated heterocycles. The van der Waals surface area contributed by atoms with Gasteiger partial charge in [0.05, 0.1) is 5.92 Å². The van der Waals surface area contributed by atoms with Crippen LogP contribution in [0.1, 0.15) is 27.2 Å². The van der Waals surface area contributed by atoms with E-state index in [0.717, 1.165) is 19.5 Å². The average molecular weight is 198 g/mol. The number of hydrogen-bond acceptors (Lipinski definition) is 2. The highest BCUT2D eigenvalue weighted by Crippen LogP contribution is 2.19. The zero-order valence-electron chi connectivity index (χ0n) is 9.71. The van der Waals surface area contributed by atoms with Crippen molar-refractivity contribution in [2.75, 3.05) is 20.1 Å². The highest BCUT2D eigenvalue weighted by atomic mass is 16.2. The van der Waals surface area contributed by atoms with Gasteiger partial charge in [0.1, 0.15) is 0 Å². The Bertz CT molecular complexity index is 205. The monoisotopic (exact) mass is 198 g/mol. The molecule has 0 bridgehead atoms. The van der Waals surface area contributed by atoms with Crippen LogP contribution in [0.2, 0.25) is 0 Å². The molecule has 0 spiro atoms. The summed E-state index contributed by atoms with van der Waals surface area (Å²) in [5.41, 5.74) is 0. The third-order valence-electron chi connectivity index (χ3n) is 3.43. The van der Waals surface area contributed by atoms with Crippen molar-refractivity contribution in [1.29, 1.82) is 0 Å². The summed E-state index contributed by atoms with van der Waals surface area (Å²) in [5, 5.41) is 3.27. The van der Waals surface area contributed by atoms with Gasteiger partial charge < -0.3 is 10.2 Å². The summed E-state index contributed by atoms with van der Waals surface area (Å²) in [6.07, 6.45) is 1.02. The lowest BCUT2D eigenvalue weighted by molar-refractivity contribution is -0.136. The van der Waals surface area contributed by atoms with Crippen molar-refractivity contribution in [3.63, 3.8) is 0 Å². The highest BCUT2D eigenvalue weighted by Gasteiger charge is 2.32. The van der Waals surface area contributed by atoms with Gasteiger partial charge in [-0.15, -0.1) is 0 Å². The topological polar surface area (TPSA) is 32.3 Å². The van der Waals surface area contributed by atoms with E-state index in [2.05, 4.69) is 26.1 Å². The van der Waals surface area contributed by atoms with Crippen molar-refractivity contribution in [3.05, 3.63) is 0 Å². The molecule has 1 N–H and O–H groups in total. The molecule has 0 aromatic rings. The second-order valence-electron chi connectivity index (χ2n) is 4.45. The zero-order chi connectivity index (χ0) is 10.7. The van der Waals surface area contributed by atoms with Gasteiger partial charge in [-0.3, -0.25) is 4.79 Å². The predicted octanol–water partition coefficient (Wildman–Crippen LogP) is 1.10. The number of amides is 1. The van der Waals surface area contributed by atoms with Gasteiger partial charge in [0.2, 0.25) is 5.91 Å². The summed E-state index contributed by atoms with van der Waals surface area (Å²) in [7, 11) is 1.92. The summed E-state index contributed by atoms with van der Waals surface area (Å²) in [6, 6.07) is 0.357. The molecule has 0 aromatic heterocycles. The van der Waals surface area contributed by atoms with Crippen molar-refractivity contribution < 1.29 is 4.79 Å². The maximum Gasteiger partial charge on any atom is 0.227 e. The van der Waals surface area contributed by atoms with Gasteiger partial charge in [0.15, 0.2) is 0 Å². The van der Waals surface area contributed by atoms with Crippen molar-refractivity contribution in [2.24, 2.45) is 11.8 Å². The second-order valence-corrected chi connectivity index (χ2v) is 4.45.